The Labute approximate surface area is 78.4 Å². The molecular formula is C9H14BrN. The van der Waals surface area contributed by atoms with E-state index in [-0.39, 0.29) is 17.0 Å². The number of aryl methyl sites for hydroxylation is 1. The first-order chi connectivity index (χ1) is 4.93. The van der Waals surface area contributed by atoms with Crippen molar-refractivity contribution in [3.8, 4) is 0 Å². The molecule has 0 aliphatic heterocycles. The van der Waals surface area contributed by atoms with Gasteiger partial charge in [-0.15, -0.1) is 17.0 Å². The van der Waals surface area contributed by atoms with Crippen LogP contribution in [0.3, 0.4) is 0 Å². The molecule has 0 saturated carbocycles. The van der Waals surface area contributed by atoms with Gasteiger partial charge in [0.1, 0.15) is 0 Å². The van der Waals surface area contributed by atoms with Crippen LogP contribution in [0.4, 0.5) is 0 Å². The van der Waals surface area contributed by atoms with E-state index in [0.717, 1.165) is 19.4 Å². The zero-order chi connectivity index (χ0) is 7.23. The van der Waals surface area contributed by atoms with E-state index in [4.69, 9.17) is 5.73 Å². The Kier molecular flexibility index (Phi) is 6.18. The maximum absolute atomic E-state index is 5.38. The fourth-order valence-corrected chi connectivity index (χ4v) is 0.951. The van der Waals surface area contributed by atoms with Gasteiger partial charge in [-0.25, -0.2) is 0 Å². The van der Waals surface area contributed by atoms with Crippen LogP contribution < -0.4 is 5.73 Å². The van der Waals surface area contributed by atoms with Crippen molar-refractivity contribution in [3.05, 3.63) is 35.9 Å². The Morgan fingerprint density at radius 1 is 1.09 bits per heavy atom. The summed E-state index contributed by atoms with van der Waals surface area (Å²) in [5.74, 6) is 0. The zero-order valence-corrected chi connectivity index (χ0v) is 8.21. The topological polar surface area (TPSA) is 26.0 Å². The highest BCUT2D eigenvalue weighted by Gasteiger charge is 1.87. The molecule has 11 heavy (non-hydrogen) atoms. The molecule has 2 heteroatoms. The van der Waals surface area contributed by atoms with Crippen molar-refractivity contribution in [2.24, 2.45) is 5.73 Å². The fourth-order valence-electron chi connectivity index (χ4n) is 0.951. The van der Waals surface area contributed by atoms with E-state index in [1.807, 2.05) is 6.07 Å². The second-order valence-corrected chi connectivity index (χ2v) is 2.38. The summed E-state index contributed by atoms with van der Waals surface area (Å²) in [6, 6.07) is 10.4. The Morgan fingerprint density at radius 3 is 2.27 bits per heavy atom. The van der Waals surface area contributed by atoms with Gasteiger partial charge in [0.2, 0.25) is 0 Å². The van der Waals surface area contributed by atoms with Crippen LogP contribution in [0.2, 0.25) is 0 Å². The molecule has 0 aliphatic rings. The summed E-state index contributed by atoms with van der Waals surface area (Å²) in [4.78, 5) is 0. The molecule has 0 amide bonds. The summed E-state index contributed by atoms with van der Waals surface area (Å²) < 4.78 is 0. The number of rotatable bonds is 3. The molecular weight excluding hydrogens is 202 g/mol. The lowest BCUT2D eigenvalue weighted by Crippen LogP contribution is -1.99. The Morgan fingerprint density at radius 2 is 1.73 bits per heavy atom. The SMILES string of the molecule is Br.NCCCc1ccccc1. The monoisotopic (exact) mass is 215 g/mol. The van der Waals surface area contributed by atoms with Crippen molar-refractivity contribution in [1.82, 2.24) is 0 Å². The van der Waals surface area contributed by atoms with Crippen molar-refractivity contribution in [1.29, 1.82) is 0 Å². The quantitative estimate of drug-likeness (QED) is 0.823. The minimum absolute atomic E-state index is 0. The molecule has 1 rings (SSSR count). The molecule has 2 N–H and O–H groups in total. The van der Waals surface area contributed by atoms with Gasteiger partial charge in [-0.3, -0.25) is 0 Å². The van der Waals surface area contributed by atoms with Crippen molar-refractivity contribution >= 4 is 17.0 Å². The van der Waals surface area contributed by atoms with Crippen LogP contribution in [0.1, 0.15) is 12.0 Å². The predicted molar refractivity (Wildman–Crippen MR) is 54.1 cm³/mol. The number of nitrogens with two attached hydrogens (primary N) is 1. The lowest BCUT2D eigenvalue weighted by molar-refractivity contribution is 0.833. The van der Waals surface area contributed by atoms with Crippen molar-refractivity contribution in [2.45, 2.75) is 12.8 Å². The van der Waals surface area contributed by atoms with Crippen molar-refractivity contribution < 1.29 is 0 Å². The second kappa shape index (κ2) is 6.38. The molecule has 0 fully saturated rings. The molecule has 0 radical (unpaired) electrons. The average molecular weight is 216 g/mol. The number of hydrogen-bond acceptors (Lipinski definition) is 1. The van der Waals surface area contributed by atoms with Gasteiger partial charge in [-0.1, -0.05) is 30.3 Å². The van der Waals surface area contributed by atoms with Gasteiger partial charge in [0.25, 0.3) is 0 Å². The Bertz CT molecular complexity index is 174. The van der Waals surface area contributed by atoms with E-state index in [1.54, 1.807) is 0 Å². The zero-order valence-electron chi connectivity index (χ0n) is 6.49. The van der Waals surface area contributed by atoms with Crippen LogP contribution in [-0.4, -0.2) is 6.54 Å². The lowest BCUT2D eigenvalue weighted by Gasteiger charge is -1.96. The van der Waals surface area contributed by atoms with Gasteiger partial charge >= 0.3 is 0 Å². The highest BCUT2D eigenvalue weighted by atomic mass is 79.9. The van der Waals surface area contributed by atoms with E-state index < -0.39 is 0 Å². The molecule has 0 aromatic heterocycles. The summed E-state index contributed by atoms with van der Waals surface area (Å²) in [5.41, 5.74) is 6.76. The summed E-state index contributed by atoms with van der Waals surface area (Å²) in [6.45, 7) is 0.787. The number of hydrogen-bond donors (Lipinski definition) is 1. The third-order valence-electron chi connectivity index (χ3n) is 1.51. The number of halogens is 1. The highest BCUT2D eigenvalue weighted by molar-refractivity contribution is 8.93. The number of benzene rings is 1. The first-order valence-electron chi connectivity index (χ1n) is 3.67. The van der Waals surface area contributed by atoms with Crippen LogP contribution in [0.25, 0.3) is 0 Å². The van der Waals surface area contributed by atoms with Crippen LogP contribution in [-0.2, 0) is 6.42 Å². The second-order valence-electron chi connectivity index (χ2n) is 2.38. The Balaban J connectivity index is 0.000001000. The maximum Gasteiger partial charge on any atom is -0.00741 e. The van der Waals surface area contributed by atoms with E-state index >= 15 is 0 Å². The lowest BCUT2D eigenvalue weighted by atomic mass is 10.1. The minimum atomic E-state index is 0. The smallest absolute Gasteiger partial charge is 0.00741 e. The van der Waals surface area contributed by atoms with Gasteiger partial charge in [0.15, 0.2) is 0 Å². The molecule has 1 aromatic carbocycles. The first-order valence-corrected chi connectivity index (χ1v) is 3.67. The fraction of sp³-hybridized carbons (Fsp3) is 0.333. The molecule has 62 valence electrons. The summed E-state index contributed by atoms with van der Waals surface area (Å²) in [6.07, 6.45) is 2.20. The molecule has 0 atom stereocenters. The summed E-state index contributed by atoms with van der Waals surface area (Å²) >= 11 is 0. The Hall–Kier alpha value is -0.340. The summed E-state index contributed by atoms with van der Waals surface area (Å²) in [5, 5.41) is 0. The first kappa shape index (κ1) is 10.7. The molecule has 1 nitrogen and oxygen atoms in total. The van der Waals surface area contributed by atoms with Crippen LogP contribution in [0, 0.1) is 0 Å². The average Bonchev–Trinajstić information content (AvgIpc) is 2.03. The standard InChI is InChI=1S/C9H13N.BrH/c10-8-4-7-9-5-2-1-3-6-9;/h1-3,5-6H,4,7-8,10H2;1H. The maximum atomic E-state index is 5.38. The molecule has 0 unspecified atom stereocenters. The molecule has 0 spiro atoms. The van der Waals surface area contributed by atoms with E-state index in [0.29, 0.717) is 0 Å². The van der Waals surface area contributed by atoms with Gasteiger partial charge in [0.05, 0.1) is 0 Å². The molecule has 0 aliphatic carbocycles. The van der Waals surface area contributed by atoms with E-state index in [1.165, 1.54) is 5.56 Å². The van der Waals surface area contributed by atoms with Crippen LogP contribution in [0.15, 0.2) is 30.3 Å². The largest absolute Gasteiger partial charge is 0.330 e. The minimum Gasteiger partial charge on any atom is -0.330 e. The molecule has 0 heterocycles. The van der Waals surface area contributed by atoms with Crippen LogP contribution >= 0.6 is 17.0 Å². The van der Waals surface area contributed by atoms with Gasteiger partial charge in [-0.2, -0.15) is 0 Å². The predicted octanol–water partition coefficient (Wildman–Crippen LogP) is 2.16. The van der Waals surface area contributed by atoms with Crippen LogP contribution in [0.5, 0.6) is 0 Å². The third-order valence-corrected chi connectivity index (χ3v) is 1.51. The van der Waals surface area contributed by atoms with Gasteiger partial charge in [-0.05, 0) is 24.9 Å². The highest BCUT2D eigenvalue weighted by Crippen LogP contribution is 2.00. The van der Waals surface area contributed by atoms with E-state index in [9.17, 15) is 0 Å². The van der Waals surface area contributed by atoms with Crippen molar-refractivity contribution in [3.63, 3.8) is 0 Å². The van der Waals surface area contributed by atoms with Gasteiger partial charge in [0, 0.05) is 0 Å². The molecule has 0 saturated heterocycles. The van der Waals surface area contributed by atoms with Crippen molar-refractivity contribution in [2.75, 3.05) is 6.54 Å². The molecule has 0 bridgehead atoms. The third kappa shape index (κ3) is 4.17. The summed E-state index contributed by atoms with van der Waals surface area (Å²) in [7, 11) is 0. The molecule has 1 aromatic rings. The van der Waals surface area contributed by atoms with E-state index in [2.05, 4.69) is 24.3 Å². The normalized spacial score (nSPS) is 8.82. The van der Waals surface area contributed by atoms with Gasteiger partial charge < -0.3 is 5.73 Å².